The third-order valence-corrected chi connectivity index (χ3v) is 1.71. The first-order chi connectivity index (χ1) is 6.31. The number of nitrogens with one attached hydrogen (secondary N) is 2. The zero-order valence-corrected chi connectivity index (χ0v) is 8.09. The van der Waals surface area contributed by atoms with Crippen molar-refractivity contribution in [2.24, 2.45) is 0 Å². The molecular weight excluding hydrogens is 162 g/mol. The van der Waals surface area contributed by atoms with Crippen LogP contribution in [-0.2, 0) is 6.54 Å². The number of nitrogens with zero attached hydrogens (tertiary/aromatic N) is 1. The standard InChI is InChI=1S/C10H15N3/c1-4-6-9-8(5-2)12-10(13-9)7-11-3/h4-6,11H,1,7H2,2-3H3,(H,12,13)/b8-5+,9-6+. The summed E-state index contributed by atoms with van der Waals surface area (Å²) in [5, 5.41) is 5.04. The zero-order chi connectivity index (χ0) is 9.68. The largest absolute Gasteiger partial charge is 0.341 e. The Morgan fingerprint density at radius 1 is 1.62 bits per heavy atom. The van der Waals surface area contributed by atoms with Gasteiger partial charge in [0.05, 0.1) is 17.2 Å². The van der Waals surface area contributed by atoms with Gasteiger partial charge in [0.2, 0.25) is 0 Å². The van der Waals surface area contributed by atoms with Gasteiger partial charge in [-0.2, -0.15) is 0 Å². The van der Waals surface area contributed by atoms with E-state index in [1.165, 1.54) is 0 Å². The van der Waals surface area contributed by atoms with Crippen LogP contribution in [0.15, 0.2) is 12.7 Å². The van der Waals surface area contributed by atoms with E-state index in [1.54, 1.807) is 6.08 Å². The highest BCUT2D eigenvalue weighted by Gasteiger charge is 1.94. The van der Waals surface area contributed by atoms with E-state index in [2.05, 4.69) is 21.9 Å². The highest BCUT2D eigenvalue weighted by Crippen LogP contribution is 1.78. The van der Waals surface area contributed by atoms with Crippen LogP contribution >= 0.6 is 0 Å². The molecule has 2 N–H and O–H groups in total. The number of H-pyrrole nitrogens is 1. The molecule has 13 heavy (non-hydrogen) atoms. The molecule has 1 heterocycles. The summed E-state index contributed by atoms with van der Waals surface area (Å²) < 4.78 is 0. The lowest BCUT2D eigenvalue weighted by Gasteiger charge is -1.89. The van der Waals surface area contributed by atoms with Gasteiger partial charge in [-0.3, -0.25) is 0 Å². The minimum atomic E-state index is 0.756. The topological polar surface area (TPSA) is 40.7 Å². The molecule has 0 amide bonds. The molecule has 0 saturated carbocycles. The number of aromatic amines is 1. The van der Waals surface area contributed by atoms with Crippen molar-refractivity contribution in [3.8, 4) is 0 Å². The van der Waals surface area contributed by atoms with Crippen molar-refractivity contribution < 1.29 is 0 Å². The second kappa shape index (κ2) is 4.62. The van der Waals surface area contributed by atoms with Crippen LogP contribution in [0.4, 0.5) is 0 Å². The fourth-order valence-corrected chi connectivity index (χ4v) is 1.17. The van der Waals surface area contributed by atoms with Gasteiger partial charge in [0.15, 0.2) is 0 Å². The number of aromatic nitrogens is 2. The summed E-state index contributed by atoms with van der Waals surface area (Å²) in [6.45, 7) is 6.38. The molecule has 0 saturated heterocycles. The van der Waals surface area contributed by atoms with E-state index < -0.39 is 0 Å². The molecule has 0 atom stereocenters. The molecule has 0 bridgehead atoms. The lowest BCUT2D eigenvalue weighted by molar-refractivity contribution is 0.769. The average Bonchev–Trinajstić information content (AvgIpc) is 2.49. The molecule has 0 radical (unpaired) electrons. The van der Waals surface area contributed by atoms with Crippen molar-refractivity contribution in [2.45, 2.75) is 13.5 Å². The van der Waals surface area contributed by atoms with Gasteiger partial charge >= 0.3 is 0 Å². The van der Waals surface area contributed by atoms with E-state index in [9.17, 15) is 0 Å². The Balaban J connectivity index is 3.20. The Morgan fingerprint density at radius 2 is 2.38 bits per heavy atom. The van der Waals surface area contributed by atoms with Gasteiger partial charge in [0, 0.05) is 0 Å². The molecule has 0 fully saturated rings. The Labute approximate surface area is 77.9 Å². The summed E-state index contributed by atoms with van der Waals surface area (Å²) in [4.78, 5) is 7.59. The number of hydrogen-bond donors (Lipinski definition) is 2. The van der Waals surface area contributed by atoms with Crippen molar-refractivity contribution in [3.63, 3.8) is 0 Å². The molecule has 0 aromatic carbocycles. The summed E-state index contributed by atoms with van der Waals surface area (Å²) in [5.74, 6) is 0.948. The second-order valence-electron chi connectivity index (χ2n) is 2.70. The van der Waals surface area contributed by atoms with Crippen LogP contribution in [0.25, 0.3) is 12.2 Å². The first-order valence-corrected chi connectivity index (χ1v) is 4.30. The number of rotatable bonds is 3. The monoisotopic (exact) mass is 177 g/mol. The fourth-order valence-electron chi connectivity index (χ4n) is 1.17. The third-order valence-electron chi connectivity index (χ3n) is 1.71. The van der Waals surface area contributed by atoms with Crippen LogP contribution < -0.4 is 16.0 Å². The van der Waals surface area contributed by atoms with Gasteiger partial charge in [-0.25, -0.2) is 4.98 Å². The van der Waals surface area contributed by atoms with Crippen molar-refractivity contribution in [3.05, 3.63) is 29.2 Å². The average molecular weight is 177 g/mol. The second-order valence-corrected chi connectivity index (χ2v) is 2.70. The molecule has 0 unspecified atom stereocenters. The van der Waals surface area contributed by atoms with E-state index in [4.69, 9.17) is 0 Å². The normalized spacial score (nSPS) is 13.7. The zero-order valence-electron chi connectivity index (χ0n) is 8.09. The Morgan fingerprint density at radius 3 is 2.92 bits per heavy atom. The van der Waals surface area contributed by atoms with Crippen LogP contribution in [0.3, 0.4) is 0 Å². The molecule has 3 nitrogen and oxygen atoms in total. The van der Waals surface area contributed by atoms with Crippen LogP contribution in [0.5, 0.6) is 0 Å². The predicted octanol–water partition coefficient (Wildman–Crippen LogP) is -0.104. The van der Waals surface area contributed by atoms with Gasteiger partial charge in [0.1, 0.15) is 5.82 Å². The Hall–Kier alpha value is -1.35. The van der Waals surface area contributed by atoms with Crippen LogP contribution in [0.1, 0.15) is 12.7 Å². The summed E-state index contributed by atoms with van der Waals surface area (Å²) in [6.07, 6.45) is 5.65. The lowest BCUT2D eigenvalue weighted by Crippen LogP contribution is -2.23. The smallest absolute Gasteiger partial charge is 0.121 e. The Bertz CT molecular complexity index is 387. The molecule has 1 aromatic heterocycles. The van der Waals surface area contributed by atoms with Gasteiger partial charge in [-0.05, 0) is 20.0 Å². The van der Waals surface area contributed by atoms with Gasteiger partial charge < -0.3 is 10.3 Å². The summed E-state index contributed by atoms with van der Waals surface area (Å²) in [5.41, 5.74) is 0. The van der Waals surface area contributed by atoms with Gasteiger partial charge in [0.25, 0.3) is 0 Å². The number of allylic oxidation sites excluding steroid dienone is 1. The fraction of sp³-hybridized carbons (Fsp3) is 0.300. The highest BCUT2D eigenvalue weighted by molar-refractivity contribution is 5.34. The SMILES string of the molecule is C=C/C=c1/[nH]c(CNC)n/c1=C/C. The van der Waals surface area contributed by atoms with Gasteiger partial charge in [-0.1, -0.05) is 18.7 Å². The Kier molecular flexibility index (Phi) is 3.46. The first-order valence-electron chi connectivity index (χ1n) is 4.30. The molecule has 3 heteroatoms. The summed E-state index contributed by atoms with van der Waals surface area (Å²) in [7, 11) is 1.90. The number of hydrogen-bond acceptors (Lipinski definition) is 2. The maximum Gasteiger partial charge on any atom is 0.121 e. The molecule has 0 spiro atoms. The first kappa shape index (κ1) is 9.74. The summed E-state index contributed by atoms with van der Waals surface area (Å²) >= 11 is 0. The van der Waals surface area contributed by atoms with E-state index in [-0.39, 0.29) is 0 Å². The van der Waals surface area contributed by atoms with E-state index >= 15 is 0 Å². The van der Waals surface area contributed by atoms with Crippen molar-refractivity contribution in [1.29, 1.82) is 0 Å². The molecule has 0 aliphatic carbocycles. The quantitative estimate of drug-likeness (QED) is 0.676. The van der Waals surface area contributed by atoms with E-state index in [0.717, 1.165) is 23.1 Å². The van der Waals surface area contributed by atoms with Crippen molar-refractivity contribution in [1.82, 2.24) is 15.3 Å². The highest BCUT2D eigenvalue weighted by atomic mass is 15.0. The lowest BCUT2D eigenvalue weighted by atomic mass is 10.4. The molecule has 1 aromatic rings. The maximum atomic E-state index is 4.38. The predicted molar refractivity (Wildman–Crippen MR) is 55.4 cm³/mol. The van der Waals surface area contributed by atoms with E-state index in [0.29, 0.717) is 0 Å². The van der Waals surface area contributed by atoms with Crippen molar-refractivity contribution in [2.75, 3.05) is 7.05 Å². The molecule has 1 rings (SSSR count). The molecule has 70 valence electrons. The minimum Gasteiger partial charge on any atom is -0.341 e. The van der Waals surface area contributed by atoms with Crippen LogP contribution in [0, 0.1) is 0 Å². The summed E-state index contributed by atoms with van der Waals surface area (Å²) in [6, 6.07) is 0. The maximum absolute atomic E-state index is 4.38. The van der Waals surface area contributed by atoms with Crippen LogP contribution in [-0.4, -0.2) is 17.0 Å². The minimum absolute atomic E-state index is 0.756. The van der Waals surface area contributed by atoms with E-state index in [1.807, 2.05) is 26.1 Å². The van der Waals surface area contributed by atoms with Crippen LogP contribution in [0.2, 0.25) is 0 Å². The van der Waals surface area contributed by atoms with Crippen molar-refractivity contribution >= 4 is 12.2 Å². The van der Waals surface area contributed by atoms with Gasteiger partial charge in [-0.15, -0.1) is 0 Å². The molecule has 0 aliphatic heterocycles. The molecular formula is C10H15N3. The third kappa shape index (κ3) is 2.29. The molecule has 0 aliphatic rings. The number of imidazole rings is 1.